The maximum atomic E-state index is 11.0. The smallest absolute Gasteiger partial charge is 0.308 e. The zero-order chi connectivity index (χ0) is 25.1. The quantitative estimate of drug-likeness (QED) is 0.156. The minimum absolute atomic E-state index is 0.170. The van der Waals surface area contributed by atoms with Gasteiger partial charge in [0.25, 0.3) is 0 Å². The van der Waals surface area contributed by atoms with Gasteiger partial charge in [-0.05, 0) is 49.2 Å². The fourth-order valence-electron chi connectivity index (χ4n) is 4.41. The van der Waals surface area contributed by atoms with E-state index in [0.717, 1.165) is 45.4 Å². The first-order chi connectivity index (χ1) is 17.5. The summed E-state index contributed by atoms with van der Waals surface area (Å²) in [7, 11) is 0. The van der Waals surface area contributed by atoms with Gasteiger partial charge >= 0.3 is 10.0 Å². The number of rotatable bonds is 10. The average Bonchev–Trinajstić information content (AvgIpc) is 3.67. The molecule has 8 nitrogen and oxygen atoms in total. The molecule has 4 aromatic rings. The van der Waals surface area contributed by atoms with E-state index in [1.54, 1.807) is 34.8 Å². The molecule has 2 atom stereocenters. The van der Waals surface area contributed by atoms with Crippen molar-refractivity contribution < 1.29 is 9.85 Å². The van der Waals surface area contributed by atoms with Gasteiger partial charge < -0.3 is 10.6 Å². The molecule has 1 saturated carbocycles. The van der Waals surface area contributed by atoms with Crippen LogP contribution in [0.1, 0.15) is 35.4 Å². The van der Waals surface area contributed by atoms with Crippen molar-refractivity contribution in [3.05, 3.63) is 78.5 Å². The average molecular weight is 561 g/mol. The van der Waals surface area contributed by atoms with Crippen LogP contribution in [-0.4, -0.2) is 21.9 Å². The van der Waals surface area contributed by atoms with Crippen molar-refractivity contribution in [2.75, 3.05) is 0 Å². The van der Waals surface area contributed by atoms with E-state index < -0.39 is 0 Å². The number of nitrogens with zero attached hydrogens (tertiary/aromatic N) is 2. The van der Waals surface area contributed by atoms with Gasteiger partial charge in [-0.2, -0.15) is 0 Å². The molecule has 0 unspecified atom stereocenters. The number of hydrogen-bond acceptors (Lipinski definition) is 10. The van der Waals surface area contributed by atoms with Crippen LogP contribution in [0.3, 0.4) is 0 Å². The lowest BCUT2D eigenvalue weighted by Crippen LogP contribution is -2.49. The summed E-state index contributed by atoms with van der Waals surface area (Å²) in [6, 6.07) is 15.8. The number of hydrogen-bond donors (Lipinski definition) is 2. The fraction of sp³-hybridized carbons (Fsp3) is 0.333. The maximum Gasteiger partial charge on any atom is 0.324 e. The number of thiophene rings is 4. The second-order valence-electron chi connectivity index (χ2n) is 8.58. The van der Waals surface area contributed by atoms with Crippen LogP contribution in [0.25, 0.3) is 19.5 Å². The Hall–Kier alpha value is -2.48. The van der Waals surface area contributed by atoms with Crippen molar-refractivity contribution in [3.63, 3.8) is 0 Å². The van der Waals surface area contributed by atoms with Gasteiger partial charge in [0.05, 0.1) is 19.6 Å². The molecule has 0 aromatic carbocycles. The van der Waals surface area contributed by atoms with Crippen LogP contribution in [-0.2, 0) is 13.1 Å². The van der Waals surface area contributed by atoms with Crippen molar-refractivity contribution in [2.45, 2.75) is 50.9 Å². The van der Waals surface area contributed by atoms with E-state index >= 15 is 0 Å². The molecule has 36 heavy (non-hydrogen) atoms. The molecule has 188 valence electrons. The zero-order valence-corrected chi connectivity index (χ0v) is 22.4. The van der Waals surface area contributed by atoms with Gasteiger partial charge in [-0.15, -0.1) is 22.7 Å². The molecule has 1 aliphatic rings. The van der Waals surface area contributed by atoms with E-state index in [9.17, 15) is 20.2 Å². The van der Waals surface area contributed by atoms with Crippen molar-refractivity contribution in [1.29, 1.82) is 0 Å². The van der Waals surface area contributed by atoms with E-state index in [-0.39, 0.29) is 19.8 Å². The first-order valence-corrected chi connectivity index (χ1v) is 14.9. The van der Waals surface area contributed by atoms with Crippen molar-refractivity contribution in [2.24, 2.45) is 0 Å². The molecule has 4 aromatic heterocycles. The van der Waals surface area contributed by atoms with Crippen LogP contribution in [0.4, 0.5) is 10.0 Å². The van der Waals surface area contributed by atoms with Gasteiger partial charge in [0, 0.05) is 56.8 Å². The predicted molar refractivity (Wildman–Crippen MR) is 148 cm³/mol. The Morgan fingerprint density at radius 2 is 1.03 bits per heavy atom. The van der Waals surface area contributed by atoms with Gasteiger partial charge in [0.15, 0.2) is 0 Å². The molecule has 1 aliphatic carbocycles. The lowest BCUT2D eigenvalue weighted by atomic mass is 9.90. The van der Waals surface area contributed by atoms with Crippen LogP contribution in [0.2, 0.25) is 0 Å². The highest BCUT2D eigenvalue weighted by Crippen LogP contribution is 2.38. The fourth-order valence-corrected chi connectivity index (χ4v) is 8.15. The second kappa shape index (κ2) is 11.3. The highest BCUT2D eigenvalue weighted by atomic mass is 32.1. The van der Waals surface area contributed by atoms with E-state index in [1.165, 1.54) is 45.3 Å². The third-order valence-corrected chi connectivity index (χ3v) is 10.8. The summed E-state index contributed by atoms with van der Waals surface area (Å²) in [6.45, 7) is 1.56. The standard InChI is InChI=1S/C24H24N4O4S4/c29-27(30)23-11-9-21(35-23)19-7-5-15(33-19)13-25-17-3-1-2-4-18(17)26-14-16-6-8-20(34-16)22-10-12-24(36-22)28(31)32/h5-12,17-18,25-26H,1-4,13-14H2/t17-,18-/m1/s1. The molecule has 0 saturated heterocycles. The molecule has 0 bridgehead atoms. The van der Waals surface area contributed by atoms with Crippen molar-refractivity contribution in [3.8, 4) is 19.5 Å². The molecule has 2 N–H and O–H groups in total. The molecule has 1 fully saturated rings. The first-order valence-electron chi connectivity index (χ1n) is 11.6. The van der Waals surface area contributed by atoms with E-state index in [1.807, 2.05) is 24.3 Å². The van der Waals surface area contributed by atoms with Crippen molar-refractivity contribution >= 4 is 55.3 Å². The SMILES string of the molecule is O=[N+]([O-])c1ccc(-c2ccc(CN[C@@H]3CCCC[C@H]3NCc3ccc(-c4ccc([N+](=O)[O-])s4)s3)s2)s1. The minimum atomic E-state index is -0.342. The molecular formula is C24H24N4O4S4. The van der Waals surface area contributed by atoms with Crippen LogP contribution in [0, 0.1) is 20.2 Å². The summed E-state index contributed by atoms with van der Waals surface area (Å²) in [5.41, 5.74) is 0. The van der Waals surface area contributed by atoms with Gasteiger partial charge in [-0.25, -0.2) is 0 Å². The van der Waals surface area contributed by atoms with Crippen LogP contribution >= 0.6 is 45.3 Å². The van der Waals surface area contributed by atoms with Gasteiger partial charge in [0.2, 0.25) is 0 Å². The van der Waals surface area contributed by atoms with Gasteiger partial charge in [0.1, 0.15) is 0 Å². The summed E-state index contributed by atoms with van der Waals surface area (Å²) in [4.78, 5) is 27.7. The van der Waals surface area contributed by atoms with E-state index in [0.29, 0.717) is 12.1 Å². The Bertz CT molecular complexity index is 1250. The Morgan fingerprint density at radius 3 is 1.42 bits per heavy atom. The topological polar surface area (TPSA) is 110 Å². The Kier molecular flexibility index (Phi) is 7.89. The lowest BCUT2D eigenvalue weighted by Gasteiger charge is -2.33. The Labute approximate surface area is 223 Å². The van der Waals surface area contributed by atoms with Gasteiger partial charge in [-0.3, -0.25) is 20.2 Å². The summed E-state index contributed by atoms with van der Waals surface area (Å²) in [5, 5.41) is 29.8. The molecule has 0 amide bonds. The number of nitrogens with one attached hydrogen (secondary N) is 2. The molecule has 0 aliphatic heterocycles. The molecular weight excluding hydrogens is 537 g/mol. The highest BCUT2D eigenvalue weighted by molar-refractivity contribution is 7.24. The summed E-state index contributed by atoms with van der Waals surface area (Å²) < 4.78 is 0. The predicted octanol–water partition coefficient (Wildman–Crippen LogP) is 7.27. The highest BCUT2D eigenvalue weighted by Gasteiger charge is 2.25. The summed E-state index contributed by atoms with van der Waals surface area (Å²) >= 11 is 5.79. The molecule has 12 heteroatoms. The maximum absolute atomic E-state index is 11.0. The lowest BCUT2D eigenvalue weighted by molar-refractivity contribution is -0.380. The van der Waals surface area contributed by atoms with Gasteiger partial charge in [-0.1, -0.05) is 35.5 Å². The summed E-state index contributed by atoms with van der Waals surface area (Å²) in [6.07, 6.45) is 4.68. The van der Waals surface area contributed by atoms with Crippen LogP contribution in [0.15, 0.2) is 48.5 Å². The van der Waals surface area contributed by atoms with E-state index in [4.69, 9.17) is 0 Å². The molecule has 4 heterocycles. The van der Waals surface area contributed by atoms with Crippen molar-refractivity contribution in [1.82, 2.24) is 10.6 Å². The first kappa shape index (κ1) is 25.2. The molecule has 0 spiro atoms. The number of nitro groups is 2. The largest absolute Gasteiger partial charge is 0.324 e. The van der Waals surface area contributed by atoms with E-state index in [2.05, 4.69) is 22.8 Å². The Morgan fingerprint density at radius 1 is 0.639 bits per heavy atom. The zero-order valence-electron chi connectivity index (χ0n) is 19.2. The monoisotopic (exact) mass is 560 g/mol. The second-order valence-corrected chi connectivity index (χ2v) is 13.0. The Balaban J connectivity index is 1.16. The molecule has 0 radical (unpaired) electrons. The third kappa shape index (κ3) is 5.90. The summed E-state index contributed by atoms with van der Waals surface area (Å²) in [5.74, 6) is 0. The third-order valence-electron chi connectivity index (χ3n) is 6.20. The van der Waals surface area contributed by atoms with Crippen LogP contribution < -0.4 is 10.6 Å². The van der Waals surface area contributed by atoms with Crippen LogP contribution in [0.5, 0.6) is 0 Å². The normalized spacial score (nSPS) is 17.9. The molecule has 5 rings (SSSR count). The minimum Gasteiger partial charge on any atom is -0.308 e.